The van der Waals surface area contributed by atoms with Crippen LogP contribution in [0, 0.1) is 6.92 Å². The number of rotatable bonds is 1. The zero-order valence-corrected chi connectivity index (χ0v) is 11.2. The summed E-state index contributed by atoms with van der Waals surface area (Å²) in [5.74, 6) is 0. The molecule has 2 nitrogen and oxygen atoms in total. The molecule has 0 spiro atoms. The van der Waals surface area contributed by atoms with Crippen LogP contribution in [-0.4, -0.2) is 9.97 Å². The quantitative estimate of drug-likeness (QED) is 0.527. The lowest BCUT2D eigenvalue weighted by Gasteiger charge is -2.04. The van der Waals surface area contributed by atoms with E-state index in [2.05, 4.69) is 65.4 Å². The molecule has 0 aliphatic rings. The van der Waals surface area contributed by atoms with Gasteiger partial charge in [-0.15, -0.1) is 0 Å². The van der Waals surface area contributed by atoms with E-state index in [1.807, 2.05) is 12.3 Å². The number of hydrogen-bond acceptors (Lipinski definition) is 1. The van der Waals surface area contributed by atoms with Crippen LogP contribution in [0.15, 0.2) is 60.8 Å². The summed E-state index contributed by atoms with van der Waals surface area (Å²) in [5, 5.41) is 2.51. The third-order valence-corrected chi connectivity index (χ3v) is 3.79. The number of aromatic amines is 1. The first-order chi connectivity index (χ1) is 9.83. The van der Waals surface area contributed by atoms with Crippen molar-refractivity contribution >= 4 is 21.8 Å². The predicted molar refractivity (Wildman–Crippen MR) is 83.8 cm³/mol. The highest BCUT2D eigenvalue weighted by Gasteiger charge is 2.07. The van der Waals surface area contributed by atoms with Gasteiger partial charge in [0, 0.05) is 33.6 Å². The second kappa shape index (κ2) is 4.20. The molecule has 96 valence electrons. The molecule has 0 unspecified atom stereocenters. The first-order valence-corrected chi connectivity index (χ1v) is 6.75. The number of fused-ring (bicyclic) bond motifs is 3. The maximum atomic E-state index is 4.51. The van der Waals surface area contributed by atoms with Gasteiger partial charge in [-0.3, -0.25) is 4.98 Å². The molecule has 2 aromatic carbocycles. The molecule has 2 heteroatoms. The average Bonchev–Trinajstić information content (AvgIpc) is 2.85. The smallest absolute Gasteiger partial charge is 0.0731 e. The van der Waals surface area contributed by atoms with Gasteiger partial charge in [0.25, 0.3) is 0 Å². The van der Waals surface area contributed by atoms with E-state index in [4.69, 9.17) is 0 Å². The largest absolute Gasteiger partial charge is 0.355 e. The number of benzene rings is 2. The molecule has 2 aromatic heterocycles. The molecule has 4 aromatic rings. The summed E-state index contributed by atoms with van der Waals surface area (Å²) in [4.78, 5) is 7.96. The summed E-state index contributed by atoms with van der Waals surface area (Å²) in [7, 11) is 0. The van der Waals surface area contributed by atoms with Gasteiger partial charge in [0.05, 0.1) is 5.69 Å². The van der Waals surface area contributed by atoms with Crippen molar-refractivity contribution in [2.24, 2.45) is 0 Å². The fourth-order valence-electron chi connectivity index (χ4n) is 2.78. The van der Waals surface area contributed by atoms with Gasteiger partial charge in [0.2, 0.25) is 0 Å². The van der Waals surface area contributed by atoms with E-state index in [-0.39, 0.29) is 0 Å². The number of hydrogen-bond donors (Lipinski definition) is 1. The Balaban J connectivity index is 2.03. The number of aryl methyl sites for hydroxylation is 1. The average molecular weight is 258 g/mol. The highest BCUT2D eigenvalue weighted by atomic mass is 14.7. The SMILES string of the molecule is Cc1cccnc1-c1ccc2[nH]c3ccccc3c2c1. The van der Waals surface area contributed by atoms with Crippen LogP contribution in [0.4, 0.5) is 0 Å². The van der Waals surface area contributed by atoms with Crippen LogP contribution < -0.4 is 0 Å². The van der Waals surface area contributed by atoms with Gasteiger partial charge in [-0.25, -0.2) is 0 Å². The second-order valence-corrected chi connectivity index (χ2v) is 5.10. The minimum Gasteiger partial charge on any atom is -0.355 e. The zero-order chi connectivity index (χ0) is 13.5. The van der Waals surface area contributed by atoms with Crippen LogP contribution in [0.3, 0.4) is 0 Å². The molecule has 0 fully saturated rings. The van der Waals surface area contributed by atoms with E-state index >= 15 is 0 Å². The van der Waals surface area contributed by atoms with Crippen molar-refractivity contribution in [3.63, 3.8) is 0 Å². The summed E-state index contributed by atoms with van der Waals surface area (Å²) < 4.78 is 0. The highest BCUT2D eigenvalue weighted by Crippen LogP contribution is 2.30. The number of nitrogens with one attached hydrogen (secondary N) is 1. The molecule has 20 heavy (non-hydrogen) atoms. The molecule has 0 saturated heterocycles. The third kappa shape index (κ3) is 1.62. The van der Waals surface area contributed by atoms with Crippen molar-refractivity contribution in [3.8, 4) is 11.3 Å². The van der Waals surface area contributed by atoms with Gasteiger partial charge in [0.15, 0.2) is 0 Å². The molecule has 0 aliphatic carbocycles. The summed E-state index contributed by atoms with van der Waals surface area (Å²) >= 11 is 0. The lowest BCUT2D eigenvalue weighted by Crippen LogP contribution is -1.86. The Labute approximate surface area is 117 Å². The minimum absolute atomic E-state index is 1.06. The molecular formula is C18H14N2. The van der Waals surface area contributed by atoms with Gasteiger partial charge in [-0.1, -0.05) is 30.3 Å². The molecular weight excluding hydrogens is 244 g/mol. The van der Waals surface area contributed by atoms with E-state index in [0.717, 1.165) is 5.69 Å². The summed E-state index contributed by atoms with van der Waals surface area (Å²) in [6, 6.07) is 19.0. The molecule has 0 saturated carbocycles. The van der Waals surface area contributed by atoms with Crippen molar-refractivity contribution in [1.82, 2.24) is 9.97 Å². The summed E-state index contributed by atoms with van der Waals surface area (Å²) in [6.07, 6.45) is 1.85. The van der Waals surface area contributed by atoms with E-state index in [9.17, 15) is 0 Å². The summed E-state index contributed by atoms with van der Waals surface area (Å²) in [5.41, 5.74) is 5.77. The first-order valence-electron chi connectivity index (χ1n) is 6.75. The number of pyridine rings is 1. The Morgan fingerprint density at radius 1 is 0.850 bits per heavy atom. The normalized spacial score (nSPS) is 11.2. The Kier molecular flexibility index (Phi) is 2.36. The highest BCUT2D eigenvalue weighted by molar-refractivity contribution is 6.08. The van der Waals surface area contributed by atoms with Crippen molar-refractivity contribution in [3.05, 3.63) is 66.4 Å². The fraction of sp³-hybridized carbons (Fsp3) is 0.0556. The first kappa shape index (κ1) is 11.2. The van der Waals surface area contributed by atoms with E-state index in [0.29, 0.717) is 0 Å². The van der Waals surface area contributed by atoms with Crippen molar-refractivity contribution < 1.29 is 0 Å². The summed E-state index contributed by atoms with van der Waals surface area (Å²) in [6.45, 7) is 2.10. The van der Waals surface area contributed by atoms with E-state index in [1.165, 1.54) is 32.9 Å². The van der Waals surface area contributed by atoms with Crippen LogP contribution >= 0.6 is 0 Å². The Morgan fingerprint density at radius 2 is 1.70 bits per heavy atom. The molecule has 1 N–H and O–H groups in total. The number of nitrogens with zero attached hydrogens (tertiary/aromatic N) is 1. The van der Waals surface area contributed by atoms with Crippen LogP contribution in [0.2, 0.25) is 0 Å². The van der Waals surface area contributed by atoms with Gasteiger partial charge >= 0.3 is 0 Å². The van der Waals surface area contributed by atoms with Gasteiger partial charge < -0.3 is 4.98 Å². The standard InChI is InChI=1S/C18H14N2/c1-12-5-4-10-19-18(12)13-8-9-17-15(11-13)14-6-2-3-7-16(14)20-17/h2-11,20H,1H3. The van der Waals surface area contributed by atoms with Crippen LogP contribution in [0.1, 0.15) is 5.56 Å². The van der Waals surface area contributed by atoms with E-state index < -0.39 is 0 Å². The van der Waals surface area contributed by atoms with Gasteiger partial charge in [-0.05, 0) is 36.8 Å². The van der Waals surface area contributed by atoms with Crippen molar-refractivity contribution in [1.29, 1.82) is 0 Å². The molecule has 0 radical (unpaired) electrons. The van der Waals surface area contributed by atoms with Crippen molar-refractivity contribution in [2.75, 3.05) is 0 Å². The number of H-pyrrole nitrogens is 1. The second-order valence-electron chi connectivity index (χ2n) is 5.10. The van der Waals surface area contributed by atoms with Crippen LogP contribution in [-0.2, 0) is 0 Å². The van der Waals surface area contributed by atoms with Crippen LogP contribution in [0.5, 0.6) is 0 Å². The Bertz CT molecular complexity index is 919. The van der Waals surface area contributed by atoms with Gasteiger partial charge in [0.1, 0.15) is 0 Å². The topological polar surface area (TPSA) is 28.7 Å². The van der Waals surface area contributed by atoms with Crippen molar-refractivity contribution in [2.45, 2.75) is 6.92 Å². The lowest BCUT2D eigenvalue weighted by atomic mass is 10.0. The molecule has 0 atom stereocenters. The van der Waals surface area contributed by atoms with Crippen LogP contribution in [0.25, 0.3) is 33.1 Å². The Hall–Kier alpha value is -2.61. The number of para-hydroxylation sites is 1. The maximum absolute atomic E-state index is 4.51. The molecule has 2 heterocycles. The maximum Gasteiger partial charge on any atom is 0.0731 e. The lowest BCUT2D eigenvalue weighted by molar-refractivity contribution is 1.27. The molecule has 4 rings (SSSR count). The third-order valence-electron chi connectivity index (χ3n) is 3.79. The van der Waals surface area contributed by atoms with E-state index in [1.54, 1.807) is 0 Å². The Morgan fingerprint density at radius 3 is 2.60 bits per heavy atom. The molecule has 0 aliphatic heterocycles. The molecule has 0 bridgehead atoms. The monoisotopic (exact) mass is 258 g/mol. The number of aromatic nitrogens is 2. The minimum atomic E-state index is 1.06. The fourth-order valence-corrected chi connectivity index (χ4v) is 2.78. The van der Waals surface area contributed by atoms with Gasteiger partial charge in [-0.2, -0.15) is 0 Å². The zero-order valence-electron chi connectivity index (χ0n) is 11.2. The predicted octanol–water partition coefficient (Wildman–Crippen LogP) is 4.69. The molecule has 0 amide bonds.